The van der Waals surface area contributed by atoms with E-state index in [-0.39, 0.29) is 23.6 Å². The number of benzene rings is 2. The number of rotatable bonds is 7. The number of sulfonamides is 1. The van der Waals surface area contributed by atoms with Crippen molar-refractivity contribution >= 4 is 21.8 Å². The first-order valence-electron chi connectivity index (χ1n) is 9.44. The molecule has 162 valence electrons. The van der Waals surface area contributed by atoms with Gasteiger partial charge < -0.3 is 4.52 Å². The van der Waals surface area contributed by atoms with Crippen LogP contribution >= 0.6 is 0 Å². The van der Waals surface area contributed by atoms with Crippen LogP contribution < -0.4 is 15.6 Å². The molecule has 10 heteroatoms. The molecule has 1 heterocycles. The second kappa shape index (κ2) is 9.54. The van der Waals surface area contributed by atoms with E-state index in [9.17, 15) is 18.0 Å². The first kappa shape index (κ1) is 22.2. The molecule has 0 aliphatic carbocycles. The quantitative estimate of drug-likeness (QED) is 0.480. The molecule has 0 fully saturated rings. The summed E-state index contributed by atoms with van der Waals surface area (Å²) in [4.78, 5) is 24.2. The molecule has 0 radical (unpaired) electrons. The van der Waals surface area contributed by atoms with E-state index in [2.05, 4.69) is 20.7 Å². The van der Waals surface area contributed by atoms with Gasteiger partial charge in [0.15, 0.2) is 11.5 Å². The van der Waals surface area contributed by atoms with Crippen molar-refractivity contribution in [1.29, 1.82) is 0 Å². The van der Waals surface area contributed by atoms with Gasteiger partial charge in [0.25, 0.3) is 5.91 Å². The summed E-state index contributed by atoms with van der Waals surface area (Å²) in [5, 5.41) is 3.68. The first-order valence-corrected chi connectivity index (χ1v) is 10.9. The van der Waals surface area contributed by atoms with Crippen molar-refractivity contribution in [2.75, 3.05) is 6.54 Å². The second-order valence-corrected chi connectivity index (χ2v) is 8.61. The summed E-state index contributed by atoms with van der Waals surface area (Å²) in [5.41, 5.74) is 7.03. The van der Waals surface area contributed by atoms with Crippen LogP contribution in [0.3, 0.4) is 0 Å². The van der Waals surface area contributed by atoms with E-state index in [4.69, 9.17) is 4.52 Å². The zero-order valence-corrected chi connectivity index (χ0v) is 17.8. The number of amides is 2. The van der Waals surface area contributed by atoms with Crippen molar-refractivity contribution in [2.45, 2.75) is 25.2 Å². The van der Waals surface area contributed by atoms with E-state index >= 15 is 0 Å². The lowest BCUT2D eigenvalue weighted by Crippen LogP contribution is -2.42. The van der Waals surface area contributed by atoms with Crippen LogP contribution in [0, 0.1) is 13.8 Å². The predicted molar refractivity (Wildman–Crippen MR) is 113 cm³/mol. The van der Waals surface area contributed by atoms with Gasteiger partial charge in [-0.05, 0) is 37.1 Å². The van der Waals surface area contributed by atoms with Crippen LogP contribution in [-0.4, -0.2) is 31.9 Å². The summed E-state index contributed by atoms with van der Waals surface area (Å²) >= 11 is 0. The van der Waals surface area contributed by atoms with E-state index in [0.29, 0.717) is 5.76 Å². The van der Waals surface area contributed by atoms with Gasteiger partial charge in [-0.15, -0.1) is 0 Å². The Balaban J connectivity index is 1.46. The minimum atomic E-state index is -3.73. The Kier molecular flexibility index (Phi) is 6.83. The van der Waals surface area contributed by atoms with Crippen LogP contribution in [0.4, 0.5) is 0 Å². The zero-order valence-electron chi connectivity index (χ0n) is 17.0. The van der Waals surface area contributed by atoms with Crippen LogP contribution in [0.2, 0.25) is 0 Å². The summed E-state index contributed by atoms with van der Waals surface area (Å²) in [6.07, 6.45) is -0.168. The lowest BCUT2D eigenvalue weighted by atomic mass is 10.1. The van der Waals surface area contributed by atoms with Crippen molar-refractivity contribution in [1.82, 2.24) is 20.7 Å². The van der Waals surface area contributed by atoms with Crippen LogP contribution in [0.1, 0.15) is 28.0 Å². The van der Waals surface area contributed by atoms with Gasteiger partial charge in [0.1, 0.15) is 0 Å². The molecule has 0 saturated heterocycles. The highest BCUT2D eigenvalue weighted by Gasteiger charge is 2.16. The van der Waals surface area contributed by atoms with Gasteiger partial charge >= 0.3 is 0 Å². The van der Waals surface area contributed by atoms with Crippen molar-refractivity contribution in [3.05, 3.63) is 71.4 Å². The highest BCUT2D eigenvalue weighted by atomic mass is 32.2. The van der Waals surface area contributed by atoms with E-state index in [1.165, 1.54) is 12.1 Å². The van der Waals surface area contributed by atoms with E-state index in [1.807, 2.05) is 44.2 Å². The van der Waals surface area contributed by atoms with Crippen molar-refractivity contribution in [3.63, 3.8) is 0 Å². The molecular formula is C21H22N4O5S. The van der Waals surface area contributed by atoms with E-state index in [0.717, 1.165) is 16.7 Å². The first-order chi connectivity index (χ1) is 14.8. The minimum Gasteiger partial charge on any atom is -0.355 e. The molecule has 0 aliphatic heterocycles. The lowest BCUT2D eigenvalue weighted by molar-refractivity contribution is -0.121. The van der Waals surface area contributed by atoms with Gasteiger partial charge in [-0.25, -0.2) is 13.1 Å². The topological polar surface area (TPSA) is 130 Å². The van der Waals surface area contributed by atoms with Crippen molar-refractivity contribution in [2.24, 2.45) is 0 Å². The van der Waals surface area contributed by atoms with E-state index < -0.39 is 21.8 Å². The maximum absolute atomic E-state index is 12.3. The third-order valence-electron chi connectivity index (χ3n) is 4.55. The maximum Gasteiger partial charge on any atom is 0.291 e. The molecule has 0 unspecified atom stereocenters. The summed E-state index contributed by atoms with van der Waals surface area (Å²) < 4.78 is 32.1. The minimum absolute atomic E-state index is 0.00500. The molecule has 0 aliphatic rings. The van der Waals surface area contributed by atoms with Crippen molar-refractivity contribution in [3.8, 4) is 11.3 Å². The van der Waals surface area contributed by atoms with Gasteiger partial charge in [0.05, 0.1) is 4.90 Å². The van der Waals surface area contributed by atoms with Crippen LogP contribution in [0.5, 0.6) is 0 Å². The molecule has 3 aromatic rings. The standard InChI is InChI=1S/C21H22N4O5S/c1-14-8-9-17(12-15(14)2)31(28,29)22-11-10-20(26)23-24-21(27)18-13-19(30-25-18)16-6-4-3-5-7-16/h3-9,12-13,22H,10-11H2,1-2H3,(H,23,26)(H,24,27). The molecule has 0 spiro atoms. The Morgan fingerprint density at radius 1 is 0.968 bits per heavy atom. The Morgan fingerprint density at radius 2 is 1.71 bits per heavy atom. The monoisotopic (exact) mass is 442 g/mol. The average molecular weight is 442 g/mol. The number of aromatic nitrogens is 1. The Morgan fingerprint density at radius 3 is 2.42 bits per heavy atom. The lowest BCUT2D eigenvalue weighted by Gasteiger charge is -2.09. The van der Waals surface area contributed by atoms with Gasteiger partial charge in [-0.3, -0.25) is 20.4 Å². The van der Waals surface area contributed by atoms with Crippen LogP contribution in [0.15, 0.2) is 64.0 Å². The molecule has 3 N–H and O–H groups in total. The number of nitrogens with zero attached hydrogens (tertiary/aromatic N) is 1. The fourth-order valence-corrected chi connectivity index (χ4v) is 3.75. The van der Waals surface area contributed by atoms with Crippen LogP contribution in [0.25, 0.3) is 11.3 Å². The molecule has 2 aromatic carbocycles. The Bertz CT molecular complexity index is 1190. The molecule has 31 heavy (non-hydrogen) atoms. The largest absolute Gasteiger partial charge is 0.355 e. The molecule has 3 rings (SSSR count). The number of carbonyl (C=O) groups excluding carboxylic acids is 2. The molecular weight excluding hydrogens is 420 g/mol. The summed E-state index contributed by atoms with van der Waals surface area (Å²) in [6.45, 7) is 3.58. The van der Waals surface area contributed by atoms with Gasteiger partial charge in [-0.2, -0.15) is 0 Å². The number of nitrogens with one attached hydrogen (secondary N) is 3. The highest BCUT2D eigenvalue weighted by molar-refractivity contribution is 7.89. The normalized spacial score (nSPS) is 11.2. The molecule has 1 aromatic heterocycles. The van der Waals surface area contributed by atoms with Gasteiger partial charge in [0, 0.05) is 24.6 Å². The number of hydrazine groups is 1. The molecule has 0 bridgehead atoms. The fraction of sp³-hybridized carbons (Fsp3) is 0.190. The molecule has 9 nitrogen and oxygen atoms in total. The number of aryl methyl sites for hydroxylation is 2. The van der Waals surface area contributed by atoms with Gasteiger partial charge in [0.2, 0.25) is 15.9 Å². The molecule has 2 amide bonds. The van der Waals surface area contributed by atoms with Gasteiger partial charge in [-0.1, -0.05) is 41.6 Å². The predicted octanol–water partition coefficient (Wildman–Crippen LogP) is 2.09. The highest BCUT2D eigenvalue weighted by Crippen LogP contribution is 2.19. The summed E-state index contributed by atoms with van der Waals surface area (Å²) in [5.74, 6) is -0.810. The molecule has 0 saturated carbocycles. The Labute approximate surface area is 179 Å². The third-order valence-corrected chi connectivity index (χ3v) is 6.01. The third kappa shape index (κ3) is 5.77. The summed E-state index contributed by atoms with van der Waals surface area (Å²) in [7, 11) is -3.73. The fourth-order valence-electron chi connectivity index (χ4n) is 2.64. The second-order valence-electron chi connectivity index (χ2n) is 6.84. The van der Waals surface area contributed by atoms with E-state index in [1.54, 1.807) is 12.1 Å². The molecule has 0 atom stereocenters. The van der Waals surface area contributed by atoms with Crippen LogP contribution in [-0.2, 0) is 14.8 Å². The maximum atomic E-state index is 12.3. The number of carbonyl (C=O) groups is 2. The summed E-state index contributed by atoms with van der Waals surface area (Å²) in [6, 6.07) is 15.4. The smallest absolute Gasteiger partial charge is 0.291 e. The number of hydrogen-bond donors (Lipinski definition) is 3. The Hall–Kier alpha value is -3.50. The number of hydrogen-bond acceptors (Lipinski definition) is 6. The zero-order chi connectivity index (χ0) is 22.4. The van der Waals surface area contributed by atoms with Crippen molar-refractivity contribution < 1.29 is 22.5 Å². The average Bonchev–Trinajstić information content (AvgIpc) is 3.25. The SMILES string of the molecule is Cc1ccc(S(=O)(=O)NCCC(=O)NNC(=O)c2cc(-c3ccccc3)on2)cc1C.